The fourth-order valence-electron chi connectivity index (χ4n) is 4.93. The summed E-state index contributed by atoms with van der Waals surface area (Å²) in [7, 11) is 0. The van der Waals surface area contributed by atoms with Crippen molar-refractivity contribution in [2.75, 3.05) is 49.1 Å². The molecule has 0 saturated heterocycles. The Morgan fingerprint density at radius 1 is 0.559 bits per heavy atom. The van der Waals surface area contributed by atoms with Gasteiger partial charge >= 0.3 is 0 Å². The van der Waals surface area contributed by atoms with Crippen molar-refractivity contribution >= 4 is 16.9 Å². The van der Waals surface area contributed by atoms with Gasteiger partial charge in [-0.3, -0.25) is 4.90 Å². The molecule has 3 rings (SSSR count). The third kappa shape index (κ3) is 5.82. The molecule has 0 spiro atoms. The number of hydrogen-bond donors (Lipinski definition) is 0. The van der Waals surface area contributed by atoms with E-state index in [9.17, 15) is 0 Å². The summed E-state index contributed by atoms with van der Waals surface area (Å²) in [5.74, 6) is 0. The number of allylic oxidation sites excluding steroid dienone is 3. The predicted octanol–water partition coefficient (Wildman–Crippen LogP) is 7.02. The zero-order valence-electron chi connectivity index (χ0n) is 22.1. The van der Waals surface area contributed by atoms with Crippen LogP contribution in [0.4, 0.5) is 11.4 Å². The van der Waals surface area contributed by atoms with Crippen LogP contribution in [0.15, 0.2) is 78.4 Å². The molecular formula is C31H43N3. The van der Waals surface area contributed by atoms with E-state index in [4.69, 9.17) is 0 Å². The molecule has 182 valence electrons. The van der Waals surface area contributed by atoms with Crippen LogP contribution in [0.2, 0.25) is 0 Å². The third-order valence-corrected chi connectivity index (χ3v) is 7.04. The molecule has 2 aromatic rings. The first-order valence-corrected chi connectivity index (χ1v) is 13.1. The number of hydrogen-bond acceptors (Lipinski definition) is 3. The van der Waals surface area contributed by atoms with Gasteiger partial charge in [0.25, 0.3) is 0 Å². The van der Waals surface area contributed by atoms with Crippen LogP contribution in [0, 0.1) is 0 Å². The molecule has 0 radical (unpaired) electrons. The number of benzene rings is 2. The molecule has 0 aliphatic heterocycles. The standard InChI is InChI=1S/C31H43N3/c1-7-32(8-2)28-19-13-25(14-20-28)31(26-15-21-29(22-16-26)33(9-3)10-4)27-17-23-30(24-18-27)34(11-5)12-6/h13-24,28H,7-12H2,1-6H3. The molecule has 3 nitrogen and oxygen atoms in total. The van der Waals surface area contributed by atoms with Crippen molar-refractivity contribution in [3.05, 3.63) is 89.5 Å². The van der Waals surface area contributed by atoms with Crippen LogP contribution in [0.1, 0.15) is 52.7 Å². The van der Waals surface area contributed by atoms with E-state index in [-0.39, 0.29) is 0 Å². The summed E-state index contributed by atoms with van der Waals surface area (Å²) in [6.45, 7) is 19.5. The molecule has 3 heteroatoms. The van der Waals surface area contributed by atoms with E-state index in [0.29, 0.717) is 6.04 Å². The smallest absolute Gasteiger partial charge is 0.0467 e. The van der Waals surface area contributed by atoms with E-state index >= 15 is 0 Å². The average Bonchev–Trinajstić information content (AvgIpc) is 2.89. The zero-order chi connectivity index (χ0) is 24.5. The van der Waals surface area contributed by atoms with Gasteiger partial charge in [-0.2, -0.15) is 0 Å². The highest BCUT2D eigenvalue weighted by molar-refractivity contribution is 5.86. The van der Waals surface area contributed by atoms with Crippen molar-refractivity contribution in [2.24, 2.45) is 0 Å². The molecule has 0 fully saturated rings. The Morgan fingerprint density at radius 2 is 0.941 bits per heavy atom. The zero-order valence-corrected chi connectivity index (χ0v) is 22.1. The molecule has 0 aromatic heterocycles. The van der Waals surface area contributed by atoms with Crippen LogP contribution >= 0.6 is 0 Å². The molecular weight excluding hydrogens is 414 g/mol. The van der Waals surface area contributed by atoms with Crippen LogP contribution in [-0.2, 0) is 0 Å². The molecule has 0 unspecified atom stereocenters. The number of nitrogens with zero attached hydrogens (tertiary/aromatic N) is 3. The first-order chi connectivity index (χ1) is 16.6. The van der Waals surface area contributed by atoms with Crippen LogP contribution in [0.25, 0.3) is 5.57 Å². The van der Waals surface area contributed by atoms with Crippen LogP contribution in [-0.4, -0.2) is 50.2 Å². The summed E-state index contributed by atoms with van der Waals surface area (Å²) in [6.07, 6.45) is 9.32. The normalized spacial score (nSPS) is 15.1. The highest BCUT2D eigenvalue weighted by Crippen LogP contribution is 2.32. The first kappa shape index (κ1) is 25.8. The Balaban J connectivity index is 2.04. The molecule has 34 heavy (non-hydrogen) atoms. The number of anilines is 2. The second-order valence-electron chi connectivity index (χ2n) is 8.70. The molecule has 0 atom stereocenters. The van der Waals surface area contributed by atoms with Crippen molar-refractivity contribution in [1.82, 2.24) is 4.90 Å². The number of rotatable bonds is 11. The summed E-state index contributed by atoms with van der Waals surface area (Å²) < 4.78 is 0. The van der Waals surface area contributed by atoms with E-state index in [2.05, 4.69) is 129 Å². The van der Waals surface area contributed by atoms with Crippen LogP contribution in [0.5, 0.6) is 0 Å². The Morgan fingerprint density at radius 3 is 1.26 bits per heavy atom. The quantitative estimate of drug-likeness (QED) is 0.359. The average molecular weight is 458 g/mol. The predicted molar refractivity (Wildman–Crippen MR) is 151 cm³/mol. The van der Waals surface area contributed by atoms with Gasteiger partial charge in [-0.15, -0.1) is 0 Å². The van der Waals surface area contributed by atoms with Crippen LogP contribution < -0.4 is 9.80 Å². The van der Waals surface area contributed by atoms with Gasteiger partial charge in [-0.1, -0.05) is 62.4 Å². The first-order valence-electron chi connectivity index (χ1n) is 13.1. The second kappa shape index (κ2) is 12.6. The molecule has 0 N–H and O–H groups in total. The minimum atomic E-state index is 0.370. The van der Waals surface area contributed by atoms with Gasteiger partial charge in [0.2, 0.25) is 0 Å². The lowest BCUT2D eigenvalue weighted by Crippen LogP contribution is -2.32. The van der Waals surface area contributed by atoms with Gasteiger partial charge in [0.1, 0.15) is 0 Å². The van der Waals surface area contributed by atoms with E-state index in [0.717, 1.165) is 39.3 Å². The highest BCUT2D eigenvalue weighted by Gasteiger charge is 2.16. The molecule has 0 bridgehead atoms. The fourth-order valence-corrected chi connectivity index (χ4v) is 4.93. The minimum absolute atomic E-state index is 0.370. The second-order valence-corrected chi connectivity index (χ2v) is 8.70. The van der Waals surface area contributed by atoms with Crippen molar-refractivity contribution in [1.29, 1.82) is 0 Å². The molecule has 0 saturated carbocycles. The maximum absolute atomic E-state index is 2.47. The highest BCUT2D eigenvalue weighted by atomic mass is 15.1. The molecule has 1 aliphatic rings. The van der Waals surface area contributed by atoms with E-state index in [1.165, 1.54) is 33.6 Å². The van der Waals surface area contributed by atoms with E-state index < -0.39 is 0 Å². The Kier molecular flexibility index (Phi) is 9.59. The summed E-state index contributed by atoms with van der Waals surface area (Å²) >= 11 is 0. The Hall–Kier alpha value is -2.78. The van der Waals surface area contributed by atoms with Gasteiger partial charge < -0.3 is 9.80 Å². The van der Waals surface area contributed by atoms with Gasteiger partial charge in [0, 0.05) is 43.6 Å². The van der Waals surface area contributed by atoms with Gasteiger partial charge in [0.05, 0.1) is 0 Å². The summed E-state index contributed by atoms with van der Waals surface area (Å²) in [4.78, 5) is 7.26. The fraction of sp³-hybridized carbons (Fsp3) is 0.419. The van der Waals surface area contributed by atoms with Crippen molar-refractivity contribution < 1.29 is 0 Å². The lowest BCUT2D eigenvalue weighted by Gasteiger charge is -2.27. The molecule has 2 aromatic carbocycles. The van der Waals surface area contributed by atoms with Crippen molar-refractivity contribution in [3.63, 3.8) is 0 Å². The Bertz CT molecular complexity index is 897. The third-order valence-electron chi connectivity index (χ3n) is 7.04. The lowest BCUT2D eigenvalue weighted by molar-refractivity contribution is 0.287. The Labute approximate surface area is 208 Å². The minimum Gasteiger partial charge on any atom is -0.372 e. The maximum atomic E-state index is 2.47. The summed E-state index contributed by atoms with van der Waals surface area (Å²) in [5.41, 5.74) is 7.66. The van der Waals surface area contributed by atoms with Gasteiger partial charge in [0.15, 0.2) is 0 Å². The number of likely N-dealkylation sites (N-methyl/N-ethyl adjacent to an activating group) is 1. The summed E-state index contributed by atoms with van der Waals surface area (Å²) in [6, 6.07) is 18.6. The maximum Gasteiger partial charge on any atom is 0.0467 e. The van der Waals surface area contributed by atoms with E-state index in [1.54, 1.807) is 0 Å². The SMILES string of the molecule is CCN(CC)c1ccc(C(=C2C=CC(N(CC)CC)C=C2)c2ccc(N(CC)CC)cc2)cc1. The van der Waals surface area contributed by atoms with Crippen molar-refractivity contribution in [3.8, 4) is 0 Å². The van der Waals surface area contributed by atoms with E-state index in [1.807, 2.05) is 0 Å². The topological polar surface area (TPSA) is 9.72 Å². The largest absolute Gasteiger partial charge is 0.372 e. The summed E-state index contributed by atoms with van der Waals surface area (Å²) in [5, 5.41) is 0. The van der Waals surface area contributed by atoms with Crippen molar-refractivity contribution in [2.45, 2.75) is 47.6 Å². The lowest BCUT2D eigenvalue weighted by atomic mass is 9.90. The molecule has 0 amide bonds. The molecule has 1 aliphatic carbocycles. The monoisotopic (exact) mass is 457 g/mol. The van der Waals surface area contributed by atoms with Crippen LogP contribution in [0.3, 0.4) is 0 Å². The molecule has 0 heterocycles. The van der Waals surface area contributed by atoms with Gasteiger partial charge in [-0.05, 0) is 87.3 Å². The van der Waals surface area contributed by atoms with Gasteiger partial charge in [-0.25, -0.2) is 0 Å².